The van der Waals surface area contributed by atoms with E-state index in [0.717, 1.165) is 0 Å². The predicted molar refractivity (Wildman–Crippen MR) is 182 cm³/mol. The monoisotopic (exact) mass is 713 g/mol. The van der Waals surface area contributed by atoms with Gasteiger partial charge in [0.1, 0.15) is 6.04 Å². The predicted octanol–water partition coefficient (Wildman–Crippen LogP) is 5.35. The molecular weight excluding hydrogens is 677 g/mol. The third-order valence-electron chi connectivity index (χ3n) is 5.95. The molecule has 0 heterocycles. The van der Waals surface area contributed by atoms with Gasteiger partial charge >= 0.3 is 25.4 Å². The van der Waals surface area contributed by atoms with Crippen molar-refractivity contribution >= 4 is 61.6 Å². The summed E-state index contributed by atoms with van der Waals surface area (Å²) in [6.07, 6.45) is 10.0. The Kier molecular flexibility index (Phi) is 18.3. The van der Waals surface area contributed by atoms with Gasteiger partial charge in [0, 0.05) is 12.8 Å². The zero-order valence-electron chi connectivity index (χ0n) is 23.8. The van der Waals surface area contributed by atoms with Gasteiger partial charge in [-0.1, -0.05) is 121 Å². The van der Waals surface area contributed by atoms with Gasteiger partial charge in [0.25, 0.3) is 0 Å². The molecule has 2 N–H and O–H groups in total. The first kappa shape index (κ1) is 36.8. The molecule has 1 fully saturated rings. The first-order chi connectivity index (χ1) is 20.5. The Hall–Kier alpha value is -2.35. The summed E-state index contributed by atoms with van der Waals surface area (Å²) < 4.78 is 0. The average molecular weight is 713 g/mol. The van der Waals surface area contributed by atoms with Crippen LogP contribution >= 0.6 is 15.8 Å². The Morgan fingerprint density at radius 1 is 0.628 bits per heavy atom. The van der Waals surface area contributed by atoms with Gasteiger partial charge in [-0.25, -0.2) is 0 Å². The van der Waals surface area contributed by atoms with E-state index in [4.69, 9.17) is 5.11 Å². The number of benzene rings is 4. The van der Waals surface area contributed by atoms with E-state index in [1.165, 1.54) is 34.0 Å². The van der Waals surface area contributed by atoms with Gasteiger partial charge in [0.2, 0.25) is 5.91 Å². The van der Waals surface area contributed by atoms with Gasteiger partial charge in [-0.15, -0.1) is 5.75 Å². The van der Waals surface area contributed by atoms with Crippen LogP contribution in [0.4, 0.5) is 0 Å². The van der Waals surface area contributed by atoms with Crippen LogP contribution in [0.1, 0.15) is 6.92 Å². The number of carboxylic acids is 1. The normalized spacial score (nSPS) is 12.6. The Bertz CT molecular complexity index is 1150. The number of aliphatic carboxylic acids is 1. The van der Waals surface area contributed by atoms with Crippen molar-refractivity contribution in [2.45, 2.75) is 13.0 Å². The minimum Gasteiger partial charge on any atom is -0.790 e. The number of hydrogen-bond acceptors (Lipinski definition) is 3. The Labute approximate surface area is 277 Å². The zero-order chi connectivity index (χ0) is 30.0. The van der Waals surface area contributed by atoms with Crippen molar-refractivity contribution in [3.63, 3.8) is 0 Å². The fraction of sp³-hybridized carbons (Fsp3) is 0.114. The molecule has 1 aliphatic rings. The maximum atomic E-state index is 10.3. The maximum absolute atomic E-state index is 10.3. The quantitative estimate of drug-likeness (QED) is 0.140. The van der Waals surface area contributed by atoms with Crippen LogP contribution in [0, 0.1) is 32.1 Å². The second kappa shape index (κ2) is 21.4. The molecule has 1 saturated carbocycles. The maximum Gasteiger partial charge on any atom is 2.00 e. The molecule has 5 radical (unpaired) electrons. The largest absolute Gasteiger partial charge is 2.00 e. The molecular formula is C35H35NO3P2RuS+. The Morgan fingerprint density at radius 2 is 0.907 bits per heavy atom. The van der Waals surface area contributed by atoms with Crippen LogP contribution in [0.2, 0.25) is 0 Å². The molecule has 4 aromatic rings. The van der Waals surface area contributed by atoms with Gasteiger partial charge in [-0.05, 0) is 69.2 Å². The third kappa shape index (κ3) is 13.4. The van der Waals surface area contributed by atoms with E-state index in [-0.39, 0.29) is 31.1 Å². The summed E-state index contributed by atoms with van der Waals surface area (Å²) in [6, 6.07) is 43.2. The molecule has 4 nitrogen and oxygen atoms in total. The molecule has 4 aromatic carbocycles. The summed E-state index contributed by atoms with van der Waals surface area (Å²) in [5.41, 5.74) is 0. The summed E-state index contributed by atoms with van der Waals surface area (Å²) >= 11 is 4.47. The van der Waals surface area contributed by atoms with Gasteiger partial charge in [-0.2, -0.15) is 0 Å². The van der Waals surface area contributed by atoms with E-state index < -0.39 is 27.9 Å². The standard InChI is InChI=1S/C25H22P2.C5H9NO3S.C5H5.Ru/c1-5-13-22(14-6-1)26(23-15-7-2-8-16-23)21-27(24-17-9-3-10-18-24)25-19-11-4-12-20-25;1-3(7)6-4(2-10)5(8)9;1-2-4-5-3-1;/h1-20H,21H2;4,10H,2H2,1H3,(H,6,7)(H,8,9);1-5H;/q;;;+2/p-1. The van der Waals surface area contributed by atoms with E-state index in [1.807, 2.05) is 32.1 Å². The minimum atomic E-state index is -1.09. The van der Waals surface area contributed by atoms with E-state index in [9.17, 15) is 9.59 Å². The van der Waals surface area contributed by atoms with Crippen molar-refractivity contribution in [2.75, 3.05) is 11.7 Å². The summed E-state index contributed by atoms with van der Waals surface area (Å²) in [5, 5.41) is 16.4. The molecule has 8 heteroatoms. The first-order valence-electron chi connectivity index (χ1n) is 13.5. The van der Waals surface area contributed by atoms with Crippen LogP contribution in [0.3, 0.4) is 0 Å². The van der Waals surface area contributed by atoms with Crippen molar-refractivity contribution < 1.29 is 34.2 Å². The van der Waals surface area contributed by atoms with Crippen LogP contribution < -0.4 is 26.5 Å². The van der Waals surface area contributed by atoms with Crippen molar-refractivity contribution in [3.8, 4) is 0 Å². The molecule has 5 rings (SSSR count). The van der Waals surface area contributed by atoms with Crippen LogP contribution in [0.15, 0.2) is 121 Å². The number of nitrogens with one attached hydrogen (secondary N) is 1. The topological polar surface area (TPSA) is 66.4 Å². The van der Waals surface area contributed by atoms with Crippen molar-refractivity contribution in [3.05, 3.63) is 153 Å². The number of carboxylic acid groups (broad SMARTS) is 1. The van der Waals surface area contributed by atoms with Gasteiger partial charge in [0.05, 0.1) is 0 Å². The third-order valence-corrected chi connectivity index (χ3v) is 12.2. The molecule has 1 unspecified atom stereocenters. The molecule has 0 saturated heterocycles. The van der Waals surface area contributed by atoms with E-state index in [1.54, 1.807) is 0 Å². The molecule has 1 atom stereocenters. The van der Waals surface area contributed by atoms with Crippen LogP contribution in [0.5, 0.6) is 0 Å². The molecule has 1 amide bonds. The molecule has 0 bridgehead atoms. The Morgan fingerprint density at radius 3 is 1.09 bits per heavy atom. The van der Waals surface area contributed by atoms with E-state index >= 15 is 0 Å². The van der Waals surface area contributed by atoms with Crippen molar-refractivity contribution in [2.24, 2.45) is 0 Å². The Balaban J connectivity index is 0.000000334. The average Bonchev–Trinajstić information content (AvgIpc) is 3.63. The van der Waals surface area contributed by atoms with Gasteiger partial charge in [0.15, 0.2) is 0 Å². The number of rotatable bonds is 9. The van der Waals surface area contributed by atoms with E-state index in [0.29, 0.717) is 0 Å². The minimum absolute atomic E-state index is 0. The van der Waals surface area contributed by atoms with E-state index in [2.05, 4.69) is 139 Å². The van der Waals surface area contributed by atoms with Crippen molar-refractivity contribution in [1.29, 1.82) is 0 Å². The fourth-order valence-electron chi connectivity index (χ4n) is 3.94. The number of amides is 1. The van der Waals surface area contributed by atoms with Crippen LogP contribution in [-0.4, -0.2) is 34.7 Å². The summed E-state index contributed by atoms with van der Waals surface area (Å²) in [7, 11) is -0.817. The van der Waals surface area contributed by atoms with Crippen LogP contribution in [0.25, 0.3) is 0 Å². The first-order valence-corrected chi connectivity index (χ1v) is 17.1. The SMILES string of the molecule is CC(=O)NC(C[S-])C(=O)O.[CH]1[CH][CH][CH][CH]1.[Ru+2].c1ccc(P(CP(c2ccccc2)c2ccccc2)c2ccccc2)cc1. The zero-order valence-corrected chi connectivity index (χ0v) is 28.2. The second-order valence-electron chi connectivity index (χ2n) is 9.06. The number of carbonyl (C=O) groups excluding carboxylic acids is 1. The molecule has 43 heavy (non-hydrogen) atoms. The summed E-state index contributed by atoms with van der Waals surface area (Å²) in [4.78, 5) is 20.5. The van der Waals surface area contributed by atoms with Gasteiger partial charge < -0.3 is 23.1 Å². The molecule has 221 valence electrons. The molecule has 0 aliphatic heterocycles. The fourth-order valence-corrected chi connectivity index (χ4v) is 10.6. The molecule has 1 aliphatic carbocycles. The molecule has 0 spiro atoms. The van der Waals surface area contributed by atoms with Gasteiger partial charge in [-0.3, -0.25) is 9.59 Å². The molecule has 0 aromatic heterocycles. The second-order valence-corrected chi connectivity index (χ2v) is 14.3. The summed E-state index contributed by atoms with van der Waals surface area (Å²) in [5.74, 6) is -0.302. The van der Waals surface area contributed by atoms with Crippen molar-refractivity contribution in [1.82, 2.24) is 5.32 Å². The number of hydrogen-bond donors (Lipinski definition) is 2. The number of carbonyl (C=O) groups is 2. The summed E-state index contributed by atoms with van der Waals surface area (Å²) in [6.45, 7) is 1.25. The smallest absolute Gasteiger partial charge is 0.790 e. The van der Waals surface area contributed by atoms with Crippen LogP contribution in [-0.2, 0) is 41.7 Å².